The van der Waals surface area contributed by atoms with Crippen LogP contribution in [-0.4, -0.2) is 51.3 Å². The first-order chi connectivity index (χ1) is 17.3. The van der Waals surface area contributed by atoms with Crippen LogP contribution in [0.5, 0.6) is 0 Å². The molecule has 2 saturated carbocycles. The summed E-state index contributed by atoms with van der Waals surface area (Å²) in [4.78, 5) is 37.7. The Hall–Kier alpha value is -2.25. The lowest BCUT2D eigenvalue weighted by molar-refractivity contribution is -0.187. The Morgan fingerprint density at radius 2 is 1.89 bits per heavy atom. The van der Waals surface area contributed by atoms with Crippen molar-refractivity contribution in [1.29, 1.82) is 0 Å². The lowest BCUT2D eigenvalue weighted by atomic mass is 9.60. The topological polar surface area (TPSA) is 110 Å². The highest BCUT2D eigenvalue weighted by Gasteiger charge is 2.83. The van der Waals surface area contributed by atoms with Crippen LogP contribution in [0.2, 0.25) is 0 Å². The van der Waals surface area contributed by atoms with Crippen molar-refractivity contribution >= 4 is 17.7 Å². The normalized spacial score (nSPS) is 39.3. The zero-order valence-electron chi connectivity index (χ0n) is 22.8. The van der Waals surface area contributed by atoms with Crippen LogP contribution in [0.15, 0.2) is 36.0 Å². The highest BCUT2D eigenvalue weighted by atomic mass is 16.6. The molecule has 4 aliphatic rings. The maximum absolute atomic E-state index is 13.2. The van der Waals surface area contributed by atoms with Crippen LogP contribution in [0.25, 0.3) is 0 Å². The molecule has 4 aliphatic carbocycles. The van der Waals surface area contributed by atoms with Gasteiger partial charge in [0.25, 0.3) is 0 Å². The average molecular weight is 515 g/mol. The molecule has 0 spiro atoms. The monoisotopic (exact) mass is 514 g/mol. The number of Topliss-reactive ketones (excluding diaryl/α,β-unsaturated/α-hetero) is 1. The van der Waals surface area contributed by atoms with E-state index in [0.29, 0.717) is 24.0 Å². The van der Waals surface area contributed by atoms with E-state index < -0.39 is 45.8 Å². The molecule has 7 nitrogen and oxygen atoms in total. The van der Waals surface area contributed by atoms with Crippen LogP contribution in [0, 0.1) is 29.1 Å². The molecule has 4 rings (SSSR count). The van der Waals surface area contributed by atoms with Gasteiger partial charge in [0.1, 0.15) is 17.8 Å². The third kappa shape index (κ3) is 4.22. The number of allylic oxidation sites excluding steroid dienone is 1. The SMILES string of the molecule is C=CCCCCCC(=O)O[C@]12C[C@@H](C)[C@@]3(O)[C@@H](C=C(COC(C)=O)C[C@]4(O)C(=O)C(C)=C[C@@H]34)[C@H]1C2(C)C. The lowest BCUT2D eigenvalue weighted by Gasteiger charge is -2.50. The molecule has 0 aliphatic heterocycles. The van der Waals surface area contributed by atoms with E-state index in [9.17, 15) is 24.6 Å². The Bertz CT molecular complexity index is 1050. The average Bonchev–Trinajstić information content (AvgIpc) is 3.21. The summed E-state index contributed by atoms with van der Waals surface area (Å²) < 4.78 is 11.5. The van der Waals surface area contributed by atoms with Crippen LogP contribution in [0.4, 0.5) is 0 Å². The molecule has 2 fully saturated rings. The lowest BCUT2D eigenvalue weighted by Crippen LogP contribution is -2.61. The van der Waals surface area contributed by atoms with E-state index in [4.69, 9.17) is 9.47 Å². The molecule has 7 atom stereocenters. The van der Waals surface area contributed by atoms with Crippen LogP contribution < -0.4 is 0 Å². The smallest absolute Gasteiger partial charge is 0.306 e. The van der Waals surface area contributed by atoms with E-state index in [1.807, 2.05) is 19.1 Å². The molecule has 0 aromatic rings. The molecular formula is C30H42O7. The molecule has 0 unspecified atom stereocenters. The second-order valence-electron chi connectivity index (χ2n) is 12.3. The molecule has 0 radical (unpaired) electrons. The third-order valence-corrected chi connectivity index (χ3v) is 9.72. The summed E-state index contributed by atoms with van der Waals surface area (Å²) >= 11 is 0. The summed E-state index contributed by atoms with van der Waals surface area (Å²) in [5, 5.41) is 24.2. The highest BCUT2D eigenvalue weighted by Crippen LogP contribution is 2.76. The van der Waals surface area contributed by atoms with Crippen molar-refractivity contribution in [2.45, 2.75) is 96.4 Å². The van der Waals surface area contributed by atoms with Gasteiger partial charge in [0.05, 0.1) is 5.60 Å². The van der Waals surface area contributed by atoms with E-state index >= 15 is 0 Å². The molecule has 2 N–H and O–H groups in total. The summed E-state index contributed by atoms with van der Waals surface area (Å²) in [5.41, 5.74) is -3.38. The van der Waals surface area contributed by atoms with Crippen LogP contribution in [0.1, 0.15) is 79.6 Å². The number of hydrogen-bond donors (Lipinski definition) is 2. The second kappa shape index (κ2) is 9.49. The third-order valence-electron chi connectivity index (χ3n) is 9.72. The Morgan fingerprint density at radius 1 is 1.19 bits per heavy atom. The summed E-state index contributed by atoms with van der Waals surface area (Å²) in [6.07, 6.45) is 9.86. The minimum atomic E-state index is -1.81. The second-order valence-corrected chi connectivity index (χ2v) is 12.3. The Morgan fingerprint density at radius 3 is 2.54 bits per heavy atom. The van der Waals surface area contributed by atoms with Crippen LogP contribution >= 0.6 is 0 Å². The number of hydrogen-bond acceptors (Lipinski definition) is 7. The number of fused-ring (bicyclic) bond motifs is 5. The first kappa shape index (κ1) is 27.8. The fourth-order valence-corrected chi connectivity index (χ4v) is 7.77. The summed E-state index contributed by atoms with van der Waals surface area (Å²) in [6, 6.07) is 0. The van der Waals surface area contributed by atoms with Crippen molar-refractivity contribution in [3.8, 4) is 0 Å². The molecule has 0 amide bonds. The maximum Gasteiger partial charge on any atom is 0.306 e. The Balaban J connectivity index is 1.68. The molecular weight excluding hydrogens is 472 g/mol. The van der Waals surface area contributed by atoms with Gasteiger partial charge in [-0.2, -0.15) is 0 Å². The first-order valence-electron chi connectivity index (χ1n) is 13.6. The fourth-order valence-electron chi connectivity index (χ4n) is 7.77. The fraction of sp³-hybridized carbons (Fsp3) is 0.700. The van der Waals surface area contributed by atoms with Crippen molar-refractivity contribution in [3.05, 3.63) is 36.0 Å². The first-order valence-corrected chi connectivity index (χ1v) is 13.6. The molecule has 0 bridgehead atoms. The zero-order chi connectivity index (χ0) is 27.4. The van der Waals surface area contributed by atoms with Gasteiger partial charge in [-0.1, -0.05) is 45.4 Å². The van der Waals surface area contributed by atoms with Crippen molar-refractivity contribution in [3.63, 3.8) is 0 Å². The quantitative estimate of drug-likeness (QED) is 0.269. The standard InChI is InChI=1S/C30H42O7/c1-7-8-9-10-11-12-24(32)37-29-15-19(3)30(35)22(25(29)27(29,5)6)14-21(17-36-20(4)31)16-28(34)23(30)13-18(2)26(28)33/h7,13-14,19,22-23,25,34-35H,1,8-12,15-17H2,2-6H3/t19-,22+,23-,25+,28-,29-,30-/m1/s1. The molecule has 204 valence electrons. The summed E-state index contributed by atoms with van der Waals surface area (Å²) in [5.74, 6) is -2.97. The molecule has 0 aromatic carbocycles. The highest BCUT2D eigenvalue weighted by molar-refractivity contribution is 6.04. The largest absolute Gasteiger partial charge is 0.461 e. The van der Waals surface area contributed by atoms with Gasteiger partial charge in [-0.3, -0.25) is 14.4 Å². The Labute approximate surface area is 220 Å². The predicted octanol–water partition coefficient (Wildman–Crippen LogP) is 4.22. The van der Waals surface area contributed by atoms with Gasteiger partial charge in [0.15, 0.2) is 5.78 Å². The minimum Gasteiger partial charge on any atom is -0.461 e. The van der Waals surface area contributed by atoms with Crippen LogP contribution in [0.3, 0.4) is 0 Å². The van der Waals surface area contributed by atoms with Crippen LogP contribution in [-0.2, 0) is 23.9 Å². The zero-order valence-corrected chi connectivity index (χ0v) is 22.8. The summed E-state index contributed by atoms with van der Waals surface area (Å²) in [6.45, 7) is 12.7. The maximum atomic E-state index is 13.2. The van der Waals surface area contributed by atoms with E-state index in [2.05, 4.69) is 20.4 Å². The number of unbranched alkanes of at least 4 members (excludes halogenated alkanes) is 3. The van der Waals surface area contributed by atoms with Gasteiger partial charge in [-0.25, -0.2) is 0 Å². The van der Waals surface area contributed by atoms with Gasteiger partial charge in [-0.15, -0.1) is 6.58 Å². The molecule has 37 heavy (non-hydrogen) atoms. The molecule has 0 saturated heterocycles. The number of ether oxygens (including phenoxy) is 2. The van der Waals surface area contributed by atoms with Gasteiger partial charge >= 0.3 is 11.9 Å². The Kier molecular flexibility index (Phi) is 7.13. The summed E-state index contributed by atoms with van der Waals surface area (Å²) in [7, 11) is 0. The number of ketones is 1. The van der Waals surface area contributed by atoms with E-state index in [1.165, 1.54) is 6.92 Å². The van der Waals surface area contributed by atoms with E-state index in [0.717, 1.165) is 25.7 Å². The van der Waals surface area contributed by atoms with Gasteiger partial charge in [0.2, 0.25) is 0 Å². The number of rotatable bonds is 9. The van der Waals surface area contributed by atoms with Crippen molar-refractivity contribution < 1.29 is 34.1 Å². The van der Waals surface area contributed by atoms with Crippen molar-refractivity contribution in [2.24, 2.45) is 29.1 Å². The van der Waals surface area contributed by atoms with Crippen molar-refractivity contribution in [1.82, 2.24) is 0 Å². The van der Waals surface area contributed by atoms with Gasteiger partial charge < -0.3 is 19.7 Å². The predicted molar refractivity (Wildman–Crippen MR) is 138 cm³/mol. The number of carbonyl (C=O) groups excluding carboxylic acids is 3. The molecule has 0 heterocycles. The van der Waals surface area contributed by atoms with E-state index in [1.54, 1.807) is 13.0 Å². The molecule has 7 heteroatoms. The number of aliphatic hydroxyl groups is 2. The number of esters is 2. The minimum absolute atomic E-state index is 0.0200. The molecule has 0 aromatic heterocycles. The van der Waals surface area contributed by atoms with E-state index in [-0.39, 0.29) is 30.8 Å². The van der Waals surface area contributed by atoms with Crippen molar-refractivity contribution in [2.75, 3.05) is 6.61 Å². The van der Waals surface area contributed by atoms with Gasteiger partial charge in [-0.05, 0) is 49.7 Å². The number of carbonyl (C=O) groups is 3. The van der Waals surface area contributed by atoms with Gasteiger partial charge in [0, 0.05) is 42.9 Å².